The van der Waals surface area contributed by atoms with Gasteiger partial charge in [0, 0.05) is 30.1 Å². The van der Waals surface area contributed by atoms with Crippen LogP contribution < -0.4 is 10.1 Å². The number of anilines is 1. The lowest BCUT2D eigenvalue weighted by molar-refractivity contribution is -0.118. The predicted octanol–water partition coefficient (Wildman–Crippen LogP) is 8.15. The number of fused-ring (bicyclic) bond motifs is 2. The number of carbonyl (C=O) groups excluding carboxylic acids is 1. The van der Waals surface area contributed by atoms with Gasteiger partial charge in [0.2, 0.25) is 0 Å². The molecule has 206 valence electrons. The van der Waals surface area contributed by atoms with E-state index in [2.05, 4.69) is 72.6 Å². The summed E-state index contributed by atoms with van der Waals surface area (Å²) in [6.07, 6.45) is 0.929. The highest BCUT2D eigenvalue weighted by atomic mass is 35.5. The third kappa shape index (κ3) is 6.23. The number of hydrogen-bond donors (Lipinski definition) is 1. The van der Waals surface area contributed by atoms with Crippen molar-refractivity contribution in [2.24, 2.45) is 0 Å². The first-order chi connectivity index (χ1) is 19.0. The molecular formula is C32H32ClN3O2S2. The Morgan fingerprint density at radius 1 is 1.00 bits per heavy atom. The summed E-state index contributed by atoms with van der Waals surface area (Å²) in [5.74, 6) is 0.991. The van der Waals surface area contributed by atoms with Gasteiger partial charge in [0.1, 0.15) is 15.8 Å². The molecule has 40 heavy (non-hydrogen) atoms. The molecule has 5 nitrogen and oxygen atoms in total. The molecule has 0 spiro atoms. The normalized spacial score (nSPS) is 13.2. The Morgan fingerprint density at radius 3 is 2.50 bits per heavy atom. The molecule has 3 heterocycles. The van der Waals surface area contributed by atoms with Crippen molar-refractivity contribution in [1.82, 2.24) is 9.88 Å². The number of rotatable bonds is 8. The van der Waals surface area contributed by atoms with Crippen LogP contribution in [0.1, 0.15) is 41.3 Å². The zero-order valence-electron chi connectivity index (χ0n) is 22.6. The van der Waals surface area contributed by atoms with Crippen molar-refractivity contribution in [2.45, 2.75) is 39.3 Å². The molecule has 0 bridgehead atoms. The van der Waals surface area contributed by atoms with E-state index in [-0.39, 0.29) is 24.9 Å². The van der Waals surface area contributed by atoms with Gasteiger partial charge in [-0.1, -0.05) is 68.4 Å². The van der Waals surface area contributed by atoms with Gasteiger partial charge in [-0.3, -0.25) is 9.69 Å². The molecule has 0 fully saturated rings. The number of ether oxygens (including phenoxy) is 1. The van der Waals surface area contributed by atoms with E-state index in [1.165, 1.54) is 21.6 Å². The van der Waals surface area contributed by atoms with Crippen molar-refractivity contribution >= 4 is 56.2 Å². The van der Waals surface area contributed by atoms with Crippen molar-refractivity contribution in [2.75, 3.05) is 18.5 Å². The Kier molecular flexibility index (Phi) is 8.86. The first-order valence-electron chi connectivity index (χ1n) is 13.3. The van der Waals surface area contributed by atoms with E-state index < -0.39 is 0 Å². The molecule has 1 aliphatic heterocycles. The van der Waals surface area contributed by atoms with Crippen LogP contribution in [0.3, 0.4) is 0 Å². The molecule has 3 aromatic carbocycles. The number of nitrogens with one attached hydrogen (secondary N) is 1. The molecule has 1 N–H and O–H groups in total. The summed E-state index contributed by atoms with van der Waals surface area (Å²) in [5.41, 5.74) is 5.94. The summed E-state index contributed by atoms with van der Waals surface area (Å²) < 4.78 is 6.98. The Hall–Kier alpha value is -3.23. The third-order valence-corrected chi connectivity index (χ3v) is 9.25. The largest absolute Gasteiger partial charge is 0.484 e. The maximum Gasteiger partial charge on any atom is 0.262 e. The summed E-state index contributed by atoms with van der Waals surface area (Å²) in [6, 6.07) is 26.8. The maximum atomic E-state index is 13.1. The molecule has 0 unspecified atom stereocenters. The van der Waals surface area contributed by atoms with Gasteiger partial charge in [-0.2, -0.15) is 0 Å². The summed E-state index contributed by atoms with van der Waals surface area (Å²) in [6.45, 7) is 7.03. The smallest absolute Gasteiger partial charge is 0.262 e. The standard InChI is InChI=1S/C32H31N3O2S2.ClH/c1-21(2)23-12-14-24(15-13-23)37-20-29(36)34-32-30(31-33-26-10-6-7-11-27(26)38-31)25-16-17-35(19-28(25)39-32)18-22-8-4-3-5-9-22;/h3-15,21H,16-20H2,1-2H3,(H,34,36);1H. The fraction of sp³-hybridized carbons (Fsp3) is 0.250. The number of hydrogen-bond acceptors (Lipinski definition) is 6. The monoisotopic (exact) mass is 589 g/mol. The van der Waals surface area contributed by atoms with Gasteiger partial charge >= 0.3 is 0 Å². The second-order valence-corrected chi connectivity index (χ2v) is 12.3. The number of nitrogens with zero attached hydrogens (tertiary/aromatic N) is 2. The van der Waals surface area contributed by atoms with Crippen molar-refractivity contribution in [3.8, 4) is 16.3 Å². The molecule has 6 rings (SSSR count). The van der Waals surface area contributed by atoms with Crippen LogP contribution in [-0.2, 0) is 24.3 Å². The van der Waals surface area contributed by atoms with E-state index in [1.54, 1.807) is 22.7 Å². The quantitative estimate of drug-likeness (QED) is 0.198. The van der Waals surface area contributed by atoms with Gasteiger partial charge in [0.15, 0.2) is 6.61 Å². The van der Waals surface area contributed by atoms with Gasteiger partial charge in [-0.15, -0.1) is 35.1 Å². The lowest BCUT2D eigenvalue weighted by Crippen LogP contribution is -2.29. The molecule has 1 amide bonds. The van der Waals surface area contributed by atoms with Crippen LogP contribution in [0.15, 0.2) is 78.9 Å². The van der Waals surface area contributed by atoms with Crippen LogP contribution in [-0.4, -0.2) is 28.9 Å². The van der Waals surface area contributed by atoms with Crippen LogP contribution in [0.4, 0.5) is 5.00 Å². The average molecular weight is 590 g/mol. The first kappa shape index (κ1) is 28.3. The second-order valence-electron chi connectivity index (χ2n) is 10.2. The Balaban J connectivity index is 0.00000323. The van der Waals surface area contributed by atoms with Crippen molar-refractivity contribution in [3.63, 3.8) is 0 Å². The Bertz CT molecular complexity index is 1560. The average Bonchev–Trinajstić information content (AvgIpc) is 3.53. The lowest BCUT2D eigenvalue weighted by Gasteiger charge is -2.27. The van der Waals surface area contributed by atoms with E-state index in [1.807, 2.05) is 30.3 Å². The van der Waals surface area contributed by atoms with E-state index >= 15 is 0 Å². The SMILES string of the molecule is CC(C)c1ccc(OCC(=O)Nc2sc3c(c2-c2nc4ccccc4s2)CCN(Cc2ccccc2)C3)cc1.Cl. The number of amides is 1. The van der Waals surface area contributed by atoms with Gasteiger partial charge in [0.05, 0.1) is 10.2 Å². The maximum absolute atomic E-state index is 13.1. The fourth-order valence-electron chi connectivity index (χ4n) is 4.99. The highest BCUT2D eigenvalue weighted by Gasteiger charge is 2.28. The lowest BCUT2D eigenvalue weighted by atomic mass is 10.0. The molecule has 0 saturated carbocycles. The topological polar surface area (TPSA) is 54.5 Å². The molecule has 5 aromatic rings. The van der Waals surface area contributed by atoms with E-state index in [0.29, 0.717) is 11.7 Å². The predicted molar refractivity (Wildman–Crippen MR) is 169 cm³/mol. The molecule has 1 aliphatic rings. The number of thiophene rings is 1. The zero-order chi connectivity index (χ0) is 26.8. The zero-order valence-corrected chi connectivity index (χ0v) is 25.0. The summed E-state index contributed by atoms with van der Waals surface area (Å²) in [7, 11) is 0. The highest BCUT2D eigenvalue weighted by molar-refractivity contribution is 7.22. The number of halogens is 1. The summed E-state index contributed by atoms with van der Waals surface area (Å²) >= 11 is 3.36. The van der Waals surface area contributed by atoms with E-state index in [4.69, 9.17) is 9.72 Å². The number of benzene rings is 3. The molecule has 8 heteroatoms. The third-order valence-electron chi connectivity index (χ3n) is 7.06. The van der Waals surface area contributed by atoms with Crippen LogP contribution in [0.5, 0.6) is 5.75 Å². The van der Waals surface area contributed by atoms with Gasteiger partial charge in [0.25, 0.3) is 5.91 Å². The van der Waals surface area contributed by atoms with Gasteiger partial charge in [-0.05, 0) is 53.3 Å². The number of para-hydroxylation sites is 1. The van der Waals surface area contributed by atoms with Crippen molar-refractivity contribution in [3.05, 3.63) is 100 Å². The van der Waals surface area contributed by atoms with Crippen molar-refractivity contribution in [1.29, 1.82) is 0 Å². The minimum Gasteiger partial charge on any atom is -0.484 e. The molecule has 0 saturated heterocycles. The first-order valence-corrected chi connectivity index (χ1v) is 15.0. The van der Waals surface area contributed by atoms with Crippen LogP contribution in [0.2, 0.25) is 0 Å². The molecule has 0 atom stereocenters. The van der Waals surface area contributed by atoms with E-state index in [9.17, 15) is 4.79 Å². The number of aromatic nitrogens is 1. The Morgan fingerprint density at radius 2 is 1.75 bits per heavy atom. The molecule has 0 radical (unpaired) electrons. The highest BCUT2D eigenvalue weighted by Crippen LogP contribution is 2.45. The second kappa shape index (κ2) is 12.5. The summed E-state index contributed by atoms with van der Waals surface area (Å²) in [4.78, 5) is 21.8. The van der Waals surface area contributed by atoms with E-state index in [0.717, 1.165) is 51.8 Å². The Labute approximate surface area is 249 Å². The minimum absolute atomic E-state index is 0. The molecule has 2 aromatic heterocycles. The number of thiazole rings is 1. The minimum atomic E-state index is -0.162. The van der Waals surface area contributed by atoms with Crippen LogP contribution in [0.25, 0.3) is 20.8 Å². The van der Waals surface area contributed by atoms with Crippen molar-refractivity contribution < 1.29 is 9.53 Å². The number of carbonyl (C=O) groups is 1. The van der Waals surface area contributed by atoms with Gasteiger partial charge in [-0.25, -0.2) is 4.98 Å². The molecule has 0 aliphatic carbocycles. The molecular weight excluding hydrogens is 558 g/mol. The fourth-order valence-corrected chi connectivity index (χ4v) is 7.40. The van der Waals surface area contributed by atoms with Gasteiger partial charge < -0.3 is 10.1 Å². The van der Waals surface area contributed by atoms with Crippen LogP contribution >= 0.6 is 35.1 Å². The summed E-state index contributed by atoms with van der Waals surface area (Å²) in [5, 5.41) is 5.01. The van der Waals surface area contributed by atoms with Crippen LogP contribution in [0, 0.1) is 0 Å².